The molecule has 82 valence electrons. The summed E-state index contributed by atoms with van der Waals surface area (Å²) in [6.07, 6.45) is 6.96. The van der Waals surface area contributed by atoms with Crippen LogP contribution < -0.4 is 15.2 Å². The number of nitrogens with two attached hydrogens (primary N) is 1. The van der Waals surface area contributed by atoms with E-state index in [0.717, 1.165) is 17.1 Å². The van der Waals surface area contributed by atoms with Gasteiger partial charge < -0.3 is 15.2 Å². The molecule has 0 atom stereocenters. The molecule has 1 aromatic rings. The fraction of sp³-hybridized carbons (Fsp3) is 0.0833. The molecule has 16 heavy (non-hydrogen) atoms. The van der Waals surface area contributed by atoms with Crippen molar-refractivity contribution < 1.29 is 9.47 Å². The maximum atomic E-state index is 7.00. The smallest absolute Gasteiger partial charge is 0.231 e. The molecule has 0 fully saturated rings. The fourth-order valence-corrected chi connectivity index (χ4v) is 1.34. The van der Waals surface area contributed by atoms with Gasteiger partial charge in [-0.3, -0.25) is 5.41 Å². The second-order valence-corrected chi connectivity index (χ2v) is 3.29. The van der Waals surface area contributed by atoms with E-state index in [1.807, 2.05) is 30.4 Å². The Balaban J connectivity index is 2.08. The predicted molar refractivity (Wildman–Crippen MR) is 62.7 cm³/mol. The van der Waals surface area contributed by atoms with Gasteiger partial charge in [-0.15, -0.1) is 0 Å². The first kappa shape index (κ1) is 10.3. The number of allylic oxidation sites excluding steroid dienone is 2. The van der Waals surface area contributed by atoms with Crippen molar-refractivity contribution in [3.05, 3.63) is 42.0 Å². The second-order valence-electron chi connectivity index (χ2n) is 3.29. The van der Waals surface area contributed by atoms with Gasteiger partial charge in [-0.2, -0.15) is 0 Å². The largest absolute Gasteiger partial charge is 0.454 e. The van der Waals surface area contributed by atoms with Gasteiger partial charge in [-0.25, -0.2) is 0 Å². The van der Waals surface area contributed by atoms with Crippen molar-refractivity contribution >= 4 is 11.9 Å². The van der Waals surface area contributed by atoms with Gasteiger partial charge in [0, 0.05) is 0 Å². The molecule has 3 N–H and O–H groups in total. The third kappa shape index (κ3) is 2.42. The summed E-state index contributed by atoms with van der Waals surface area (Å²) in [5.74, 6) is 1.57. The van der Waals surface area contributed by atoms with Gasteiger partial charge in [-0.05, 0) is 23.8 Å². The lowest BCUT2D eigenvalue weighted by Gasteiger charge is -1.96. The van der Waals surface area contributed by atoms with Crippen LogP contribution in [0.2, 0.25) is 0 Å². The maximum absolute atomic E-state index is 7.00. The highest BCUT2D eigenvalue weighted by atomic mass is 16.7. The Labute approximate surface area is 93.5 Å². The summed E-state index contributed by atoms with van der Waals surface area (Å²) in [6.45, 7) is 0.284. The van der Waals surface area contributed by atoms with Crippen molar-refractivity contribution in [1.82, 2.24) is 0 Å². The minimum atomic E-state index is 0.0373. The molecule has 1 heterocycles. The Bertz CT molecular complexity index is 464. The van der Waals surface area contributed by atoms with E-state index in [-0.39, 0.29) is 12.6 Å². The van der Waals surface area contributed by atoms with E-state index in [9.17, 15) is 0 Å². The lowest BCUT2D eigenvalue weighted by atomic mass is 10.2. The van der Waals surface area contributed by atoms with Crippen LogP contribution in [-0.4, -0.2) is 12.6 Å². The van der Waals surface area contributed by atoms with Crippen molar-refractivity contribution in [3.63, 3.8) is 0 Å². The van der Waals surface area contributed by atoms with E-state index in [1.165, 1.54) is 6.08 Å². The monoisotopic (exact) mass is 216 g/mol. The molecule has 0 amide bonds. The predicted octanol–water partition coefficient (Wildman–Crippen LogP) is 1.92. The molecule has 2 rings (SSSR count). The van der Waals surface area contributed by atoms with Crippen molar-refractivity contribution in [2.75, 3.05) is 6.79 Å². The Hall–Kier alpha value is -2.23. The topological polar surface area (TPSA) is 68.3 Å². The molecular weight excluding hydrogens is 204 g/mol. The van der Waals surface area contributed by atoms with E-state index in [0.29, 0.717) is 0 Å². The molecule has 0 aliphatic carbocycles. The molecule has 0 aromatic heterocycles. The summed E-state index contributed by atoms with van der Waals surface area (Å²) >= 11 is 0. The van der Waals surface area contributed by atoms with E-state index in [1.54, 1.807) is 6.08 Å². The van der Waals surface area contributed by atoms with E-state index in [2.05, 4.69) is 0 Å². The first-order valence-corrected chi connectivity index (χ1v) is 4.84. The number of amidine groups is 1. The van der Waals surface area contributed by atoms with Gasteiger partial charge in [0.05, 0.1) is 0 Å². The highest BCUT2D eigenvalue weighted by molar-refractivity contribution is 5.88. The third-order valence-corrected chi connectivity index (χ3v) is 2.07. The molecule has 4 heteroatoms. The normalized spacial score (nSPS) is 13.8. The highest BCUT2D eigenvalue weighted by Gasteiger charge is 2.11. The van der Waals surface area contributed by atoms with Crippen molar-refractivity contribution in [1.29, 1.82) is 5.41 Å². The molecule has 4 nitrogen and oxygen atoms in total. The molecule has 1 aliphatic rings. The van der Waals surface area contributed by atoms with Crippen molar-refractivity contribution in [2.24, 2.45) is 5.73 Å². The van der Waals surface area contributed by atoms with Gasteiger partial charge in [0.25, 0.3) is 0 Å². The van der Waals surface area contributed by atoms with Gasteiger partial charge in [0.1, 0.15) is 5.84 Å². The van der Waals surface area contributed by atoms with Crippen LogP contribution >= 0.6 is 0 Å². The molecular formula is C12H12N2O2. The molecule has 1 aromatic carbocycles. The minimum Gasteiger partial charge on any atom is -0.454 e. The second kappa shape index (κ2) is 4.53. The van der Waals surface area contributed by atoms with Crippen LogP contribution in [0.1, 0.15) is 5.56 Å². The Kier molecular flexibility index (Phi) is 2.91. The first-order valence-electron chi connectivity index (χ1n) is 4.84. The lowest BCUT2D eigenvalue weighted by Crippen LogP contribution is -2.03. The van der Waals surface area contributed by atoms with Crippen LogP contribution in [-0.2, 0) is 0 Å². The number of rotatable bonds is 3. The van der Waals surface area contributed by atoms with Crippen LogP contribution in [0.5, 0.6) is 11.5 Å². The first-order chi connectivity index (χ1) is 7.75. The molecule has 0 saturated carbocycles. The van der Waals surface area contributed by atoms with Crippen LogP contribution in [0.4, 0.5) is 0 Å². The number of nitrogens with one attached hydrogen (secondary N) is 1. The zero-order chi connectivity index (χ0) is 11.4. The minimum absolute atomic E-state index is 0.0373. The highest BCUT2D eigenvalue weighted by Crippen LogP contribution is 2.32. The van der Waals surface area contributed by atoms with Crippen molar-refractivity contribution in [3.8, 4) is 11.5 Å². The quantitative estimate of drug-likeness (QED) is 0.460. The number of fused-ring (bicyclic) bond motifs is 1. The molecule has 0 bridgehead atoms. The number of ether oxygens (including phenoxy) is 2. The summed E-state index contributed by atoms with van der Waals surface area (Å²) in [4.78, 5) is 0. The third-order valence-electron chi connectivity index (χ3n) is 2.07. The Morgan fingerprint density at radius 2 is 2.06 bits per heavy atom. The van der Waals surface area contributed by atoms with E-state index in [4.69, 9.17) is 20.6 Å². The fourth-order valence-electron chi connectivity index (χ4n) is 1.34. The summed E-state index contributed by atoms with van der Waals surface area (Å²) in [5.41, 5.74) is 6.18. The van der Waals surface area contributed by atoms with Crippen LogP contribution in [0.25, 0.3) is 6.08 Å². The number of hydrogen-bond acceptors (Lipinski definition) is 3. The molecule has 0 saturated heterocycles. The zero-order valence-corrected chi connectivity index (χ0v) is 8.64. The van der Waals surface area contributed by atoms with Crippen LogP contribution in [0.15, 0.2) is 36.4 Å². The maximum Gasteiger partial charge on any atom is 0.231 e. The summed E-state index contributed by atoms with van der Waals surface area (Å²) in [5, 5.41) is 7.00. The van der Waals surface area contributed by atoms with Crippen molar-refractivity contribution in [2.45, 2.75) is 0 Å². The van der Waals surface area contributed by atoms with Gasteiger partial charge >= 0.3 is 0 Å². The zero-order valence-electron chi connectivity index (χ0n) is 8.64. The Morgan fingerprint density at radius 3 is 2.88 bits per heavy atom. The SMILES string of the molecule is N=C(N)C=CC=Cc1ccc2c(c1)OCO2. The van der Waals surface area contributed by atoms with Crippen LogP contribution in [0.3, 0.4) is 0 Å². The van der Waals surface area contributed by atoms with Crippen LogP contribution in [0, 0.1) is 5.41 Å². The molecule has 0 radical (unpaired) electrons. The number of benzene rings is 1. The number of hydrogen-bond donors (Lipinski definition) is 2. The average molecular weight is 216 g/mol. The summed E-state index contributed by atoms with van der Waals surface area (Å²) < 4.78 is 10.5. The van der Waals surface area contributed by atoms with Gasteiger partial charge in [-0.1, -0.05) is 24.3 Å². The standard InChI is InChI=1S/C12H12N2O2/c13-12(14)4-2-1-3-9-5-6-10-11(7-9)16-8-15-10/h1-7H,8H2,(H3,13,14). The lowest BCUT2D eigenvalue weighted by molar-refractivity contribution is 0.174. The molecule has 1 aliphatic heterocycles. The van der Waals surface area contributed by atoms with Gasteiger partial charge in [0.15, 0.2) is 11.5 Å². The summed E-state index contributed by atoms with van der Waals surface area (Å²) in [7, 11) is 0. The average Bonchev–Trinajstić information content (AvgIpc) is 2.71. The molecule has 0 unspecified atom stereocenters. The summed E-state index contributed by atoms with van der Waals surface area (Å²) in [6, 6.07) is 5.71. The van der Waals surface area contributed by atoms with E-state index < -0.39 is 0 Å². The molecule has 0 spiro atoms. The van der Waals surface area contributed by atoms with E-state index >= 15 is 0 Å². The Morgan fingerprint density at radius 1 is 1.25 bits per heavy atom. The van der Waals surface area contributed by atoms with Gasteiger partial charge in [0.2, 0.25) is 6.79 Å².